The van der Waals surface area contributed by atoms with Crippen LogP contribution in [0.2, 0.25) is 0 Å². The molecule has 0 aliphatic rings. The summed E-state index contributed by atoms with van der Waals surface area (Å²) in [5, 5.41) is 12.3. The van der Waals surface area contributed by atoms with E-state index < -0.39 is 0 Å². The summed E-state index contributed by atoms with van der Waals surface area (Å²) in [7, 11) is 0. The number of rotatable bonds is 4. The Hall–Kier alpha value is -7.21. The average molecular weight is 731 g/mol. The van der Waals surface area contributed by atoms with Gasteiger partial charge in [-0.25, -0.2) is 15.0 Å². The van der Waals surface area contributed by atoms with Crippen LogP contribution in [-0.2, 0) is 0 Å². The zero-order chi connectivity index (χ0) is 36.7. The molecule has 12 rings (SSSR count). The fourth-order valence-corrected chi connectivity index (χ4v) is 9.95. The monoisotopic (exact) mass is 730 g/mol. The van der Waals surface area contributed by atoms with Gasteiger partial charge in [0.2, 0.25) is 0 Å². The van der Waals surface area contributed by atoms with Crippen molar-refractivity contribution in [3.8, 4) is 39.9 Å². The molecule has 0 unspecified atom stereocenters. The second-order valence-corrected chi connectivity index (χ2v) is 15.4. The van der Waals surface area contributed by atoms with E-state index in [1.165, 1.54) is 64.2 Å². The molecule has 0 bridgehead atoms. The zero-order valence-electron chi connectivity index (χ0n) is 30.0. The van der Waals surface area contributed by atoms with Crippen molar-refractivity contribution in [1.29, 1.82) is 0 Å². The molecule has 56 heavy (non-hydrogen) atoms. The number of hydrogen-bond acceptors (Lipinski definition) is 4. The van der Waals surface area contributed by atoms with Crippen molar-refractivity contribution in [2.75, 3.05) is 0 Å². The Morgan fingerprint density at radius 1 is 0.357 bits per heavy atom. The fourth-order valence-electron chi connectivity index (χ4n) is 8.64. The first-order chi connectivity index (χ1) is 27.8. The molecule has 0 N–H and O–H groups in total. The topological polar surface area (TPSA) is 43.6 Å². The molecule has 4 nitrogen and oxygen atoms in total. The molecule has 3 aromatic heterocycles. The van der Waals surface area contributed by atoms with Crippen LogP contribution in [0.3, 0.4) is 0 Å². The zero-order valence-corrected chi connectivity index (χ0v) is 30.8. The third-order valence-corrected chi connectivity index (χ3v) is 12.5. The highest BCUT2D eigenvalue weighted by atomic mass is 32.1. The summed E-state index contributed by atoms with van der Waals surface area (Å²) in [6, 6.07) is 64.9. The Morgan fingerprint density at radius 3 is 1.61 bits per heavy atom. The van der Waals surface area contributed by atoms with Crippen LogP contribution in [0.25, 0.3) is 114 Å². The lowest BCUT2D eigenvalue weighted by molar-refractivity contribution is 1.08. The largest absolute Gasteiger partial charge is 0.308 e. The van der Waals surface area contributed by atoms with E-state index in [-0.39, 0.29) is 0 Å². The normalized spacial score (nSPS) is 11.9. The van der Waals surface area contributed by atoms with Crippen LogP contribution in [0, 0.1) is 0 Å². The van der Waals surface area contributed by atoms with Gasteiger partial charge in [-0.05, 0) is 62.6 Å². The Morgan fingerprint density at radius 2 is 0.893 bits per heavy atom. The first-order valence-electron chi connectivity index (χ1n) is 18.9. The Bertz CT molecular complexity index is 3450. The van der Waals surface area contributed by atoms with Gasteiger partial charge >= 0.3 is 0 Å². The van der Waals surface area contributed by atoms with Gasteiger partial charge in [-0.2, -0.15) is 0 Å². The van der Waals surface area contributed by atoms with E-state index in [0.717, 1.165) is 32.5 Å². The van der Waals surface area contributed by atoms with Crippen molar-refractivity contribution in [2.24, 2.45) is 0 Å². The lowest BCUT2D eigenvalue weighted by Crippen LogP contribution is -2.00. The van der Waals surface area contributed by atoms with Gasteiger partial charge in [0.15, 0.2) is 17.5 Å². The van der Waals surface area contributed by atoms with E-state index in [4.69, 9.17) is 15.0 Å². The summed E-state index contributed by atoms with van der Waals surface area (Å²) in [6.45, 7) is 0. The smallest absolute Gasteiger partial charge is 0.165 e. The van der Waals surface area contributed by atoms with Crippen LogP contribution in [0.4, 0.5) is 0 Å². The van der Waals surface area contributed by atoms with E-state index in [1.54, 1.807) is 0 Å². The van der Waals surface area contributed by atoms with Crippen molar-refractivity contribution in [2.45, 2.75) is 0 Å². The number of fused-ring (bicyclic) bond motifs is 11. The number of thiophene rings is 1. The first kappa shape index (κ1) is 31.2. The highest BCUT2D eigenvalue weighted by Crippen LogP contribution is 2.46. The number of benzene rings is 9. The van der Waals surface area contributed by atoms with Gasteiger partial charge in [-0.1, -0.05) is 152 Å². The standard InChI is InChI=1S/C51H30N4S/c1-2-15-34(16-3-1)49-52-50(36-25-24-31-12-4-5-17-35(31)30-36)54-51(53-49)41-22-10-20-39-40-21-11-23-44(48(40)56-47(39)41)55-42-28-26-32-13-6-8-18-37(32)45(42)46-38-19-9-7-14-33(38)27-29-43(46)55/h1-30H. The van der Waals surface area contributed by atoms with Gasteiger partial charge in [0, 0.05) is 42.9 Å². The molecule has 0 amide bonds. The molecular weight excluding hydrogens is 701 g/mol. The highest BCUT2D eigenvalue weighted by Gasteiger charge is 2.22. The minimum atomic E-state index is 0.655. The van der Waals surface area contributed by atoms with Gasteiger partial charge in [-0.15, -0.1) is 11.3 Å². The molecule has 5 heteroatoms. The van der Waals surface area contributed by atoms with Crippen LogP contribution >= 0.6 is 11.3 Å². The molecule has 0 atom stereocenters. The second-order valence-electron chi connectivity index (χ2n) is 14.4. The Labute approximate surface area is 325 Å². The predicted molar refractivity (Wildman–Crippen MR) is 236 cm³/mol. The Balaban J connectivity index is 1.12. The van der Waals surface area contributed by atoms with Gasteiger partial charge in [0.1, 0.15) is 0 Å². The molecule has 0 saturated carbocycles. The summed E-state index contributed by atoms with van der Waals surface area (Å²) < 4.78 is 4.86. The molecule has 3 heterocycles. The van der Waals surface area contributed by atoms with Crippen LogP contribution in [0.15, 0.2) is 182 Å². The maximum absolute atomic E-state index is 5.22. The molecule has 0 fully saturated rings. The second kappa shape index (κ2) is 12.2. The van der Waals surface area contributed by atoms with Gasteiger partial charge in [0.25, 0.3) is 0 Å². The van der Waals surface area contributed by atoms with E-state index in [0.29, 0.717) is 17.5 Å². The van der Waals surface area contributed by atoms with E-state index in [9.17, 15) is 0 Å². The molecular formula is C51H30N4S. The SMILES string of the molecule is c1ccc(-c2nc(-c3ccc4ccccc4c3)nc(-c3cccc4c3sc3c(-n5c6ccc7ccccc7c6c6c7ccccc7ccc65)cccc34)n2)cc1. The number of aromatic nitrogens is 4. The van der Waals surface area contributed by atoms with E-state index in [1.807, 2.05) is 29.5 Å². The molecule has 260 valence electrons. The maximum atomic E-state index is 5.22. The molecule has 0 aliphatic heterocycles. The van der Waals surface area contributed by atoms with E-state index >= 15 is 0 Å². The first-order valence-corrected chi connectivity index (χ1v) is 19.7. The van der Waals surface area contributed by atoms with Gasteiger partial charge in [0.05, 0.1) is 21.4 Å². The number of hydrogen-bond donors (Lipinski definition) is 0. The van der Waals surface area contributed by atoms with E-state index in [2.05, 4.69) is 168 Å². The van der Waals surface area contributed by atoms with Crippen LogP contribution in [-0.4, -0.2) is 19.5 Å². The van der Waals surface area contributed by atoms with Crippen molar-refractivity contribution in [1.82, 2.24) is 19.5 Å². The minimum Gasteiger partial charge on any atom is -0.308 e. The number of nitrogens with zero attached hydrogens (tertiary/aromatic N) is 4. The summed E-state index contributed by atoms with van der Waals surface area (Å²) in [5.74, 6) is 1.97. The third kappa shape index (κ3) is 4.68. The maximum Gasteiger partial charge on any atom is 0.165 e. The molecule has 0 aliphatic carbocycles. The predicted octanol–water partition coefficient (Wildman–Crippen LogP) is 13.8. The van der Waals surface area contributed by atoms with Crippen LogP contribution < -0.4 is 0 Å². The fraction of sp³-hybridized carbons (Fsp3) is 0. The van der Waals surface area contributed by atoms with Crippen molar-refractivity contribution < 1.29 is 0 Å². The van der Waals surface area contributed by atoms with Crippen molar-refractivity contribution in [3.63, 3.8) is 0 Å². The lowest BCUT2D eigenvalue weighted by Gasteiger charge is -2.10. The third-order valence-electron chi connectivity index (χ3n) is 11.2. The van der Waals surface area contributed by atoms with Crippen LogP contribution in [0.1, 0.15) is 0 Å². The average Bonchev–Trinajstić information content (AvgIpc) is 3.83. The van der Waals surface area contributed by atoms with Crippen LogP contribution in [0.5, 0.6) is 0 Å². The summed E-state index contributed by atoms with van der Waals surface area (Å²) in [4.78, 5) is 15.4. The molecule has 0 saturated heterocycles. The summed E-state index contributed by atoms with van der Waals surface area (Å²) in [5.41, 5.74) is 6.47. The van der Waals surface area contributed by atoms with Crippen molar-refractivity contribution >= 4 is 85.6 Å². The summed E-state index contributed by atoms with van der Waals surface area (Å²) in [6.07, 6.45) is 0. The quantitative estimate of drug-likeness (QED) is 0.181. The lowest BCUT2D eigenvalue weighted by atomic mass is 10.00. The molecule has 9 aromatic carbocycles. The van der Waals surface area contributed by atoms with Gasteiger partial charge in [-0.3, -0.25) is 0 Å². The van der Waals surface area contributed by atoms with Gasteiger partial charge < -0.3 is 4.57 Å². The highest BCUT2D eigenvalue weighted by molar-refractivity contribution is 7.26. The molecule has 12 aromatic rings. The minimum absolute atomic E-state index is 0.655. The summed E-state index contributed by atoms with van der Waals surface area (Å²) >= 11 is 1.82. The molecule has 0 spiro atoms. The Kier molecular flexibility index (Phi) is 6.76. The van der Waals surface area contributed by atoms with Crippen molar-refractivity contribution in [3.05, 3.63) is 182 Å². The molecule has 0 radical (unpaired) electrons.